The molecule has 19 heavy (non-hydrogen) atoms. The fraction of sp³-hybridized carbons (Fsp3) is 0.176. The third-order valence-corrected chi connectivity index (χ3v) is 4.06. The van der Waals surface area contributed by atoms with E-state index < -0.39 is 0 Å². The van der Waals surface area contributed by atoms with Crippen molar-refractivity contribution < 1.29 is 4.74 Å². The van der Waals surface area contributed by atoms with Crippen LogP contribution in [0.25, 0.3) is 10.1 Å². The van der Waals surface area contributed by atoms with Crippen molar-refractivity contribution in [3.8, 4) is 0 Å². The minimum atomic E-state index is 0.696. The molecule has 0 saturated heterocycles. The van der Waals surface area contributed by atoms with Crippen molar-refractivity contribution in [2.75, 3.05) is 6.61 Å². The highest BCUT2D eigenvalue weighted by atomic mass is 32.1. The van der Waals surface area contributed by atoms with Crippen molar-refractivity contribution in [1.29, 1.82) is 0 Å². The van der Waals surface area contributed by atoms with E-state index in [0.717, 1.165) is 13.0 Å². The van der Waals surface area contributed by atoms with Crippen LogP contribution in [-0.2, 0) is 17.8 Å². The van der Waals surface area contributed by atoms with Crippen molar-refractivity contribution in [3.63, 3.8) is 0 Å². The SMILES string of the molecule is c1ccc(COCCc2ccc3sccc3c2)cc1. The van der Waals surface area contributed by atoms with E-state index in [0.29, 0.717) is 6.61 Å². The van der Waals surface area contributed by atoms with Gasteiger partial charge in [-0.05, 0) is 40.4 Å². The van der Waals surface area contributed by atoms with Crippen LogP contribution >= 0.6 is 11.3 Å². The topological polar surface area (TPSA) is 9.23 Å². The Morgan fingerprint density at radius 1 is 0.895 bits per heavy atom. The Morgan fingerprint density at radius 3 is 2.68 bits per heavy atom. The van der Waals surface area contributed by atoms with E-state index in [1.807, 2.05) is 18.2 Å². The lowest BCUT2D eigenvalue weighted by Gasteiger charge is -2.05. The molecule has 0 fully saturated rings. The summed E-state index contributed by atoms with van der Waals surface area (Å²) < 4.78 is 7.08. The van der Waals surface area contributed by atoms with Crippen molar-refractivity contribution in [2.24, 2.45) is 0 Å². The van der Waals surface area contributed by atoms with Crippen molar-refractivity contribution in [3.05, 3.63) is 71.1 Å². The van der Waals surface area contributed by atoms with Gasteiger partial charge < -0.3 is 4.74 Å². The minimum absolute atomic E-state index is 0.696. The molecular weight excluding hydrogens is 252 g/mol. The van der Waals surface area contributed by atoms with Gasteiger partial charge in [0, 0.05) is 4.70 Å². The van der Waals surface area contributed by atoms with Crippen molar-refractivity contribution >= 4 is 21.4 Å². The fourth-order valence-corrected chi connectivity index (χ4v) is 2.90. The molecule has 0 radical (unpaired) electrons. The zero-order valence-electron chi connectivity index (χ0n) is 10.7. The molecule has 0 N–H and O–H groups in total. The Kier molecular flexibility index (Phi) is 3.92. The maximum atomic E-state index is 5.72. The van der Waals surface area contributed by atoms with E-state index in [9.17, 15) is 0 Å². The summed E-state index contributed by atoms with van der Waals surface area (Å²) in [4.78, 5) is 0. The Morgan fingerprint density at radius 2 is 1.79 bits per heavy atom. The average molecular weight is 268 g/mol. The van der Waals surface area contributed by atoms with Gasteiger partial charge in [-0.25, -0.2) is 0 Å². The summed E-state index contributed by atoms with van der Waals surface area (Å²) in [5.41, 5.74) is 2.58. The van der Waals surface area contributed by atoms with E-state index in [1.165, 1.54) is 21.2 Å². The zero-order chi connectivity index (χ0) is 12.9. The predicted octanol–water partition coefficient (Wildman–Crippen LogP) is 4.66. The number of hydrogen-bond donors (Lipinski definition) is 0. The minimum Gasteiger partial charge on any atom is -0.376 e. The van der Waals surface area contributed by atoms with Gasteiger partial charge in [0.05, 0.1) is 13.2 Å². The van der Waals surface area contributed by atoms with Gasteiger partial charge in [-0.1, -0.05) is 42.5 Å². The van der Waals surface area contributed by atoms with Gasteiger partial charge in [-0.2, -0.15) is 0 Å². The third kappa shape index (κ3) is 3.22. The first kappa shape index (κ1) is 12.4. The van der Waals surface area contributed by atoms with Crippen molar-refractivity contribution in [2.45, 2.75) is 13.0 Å². The van der Waals surface area contributed by atoms with Crippen LogP contribution in [0.3, 0.4) is 0 Å². The van der Waals surface area contributed by atoms with Gasteiger partial charge in [-0.15, -0.1) is 11.3 Å². The van der Waals surface area contributed by atoms with E-state index in [1.54, 1.807) is 11.3 Å². The smallest absolute Gasteiger partial charge is 0.0717 e. The lowest BCUT2D eigenvalue weighted by Crippen LogP contribution is -1.98. The summed E-state index contributed by atoms with van der Waals surface area (Å²) in [6.45, 7) is 1.46. The molecular formula is C17H16OS. The first-order chi connectivity index (χ1) is 9.42. The number of hydrogen-bond acceptors (Lipinski definition) is 2. The summed E-state index contributed by atoms with van der Waals surface area (Å²) in [6.07, 6.45) is 0.971. The standard InChI is InChI=1S/C17H16OS/c1-2-4-15(5-3-1)13-18-10-8-14-6-7-17-16(12-14)9-11-19-17/h1-7,9,11-12H,8,10,13H2. The maximum Gasteiger partial charge on any atom is 0.0717 e. The highest BCUT2D eigenvalue weighted by molar-refractivity contribution is 7.17. The van der Waals surface area contributed by atoms with Gasteiger partial charge in [0.2, 0.25) is 0 Å². The molecule has 0 aliphatic carbocycles. The fourth-order valence-electron chi connectivity index (χ4n) is 2.13. The molecule has 96 valence electrons. The molecule has 0 aliphatic heterocycles. The Balaban J connectivity index is 1.52. The van der Waals surface area contributed by atoms with Gasteiger partial charge in [-0.3, -0.25) is 0 Å². The summed E-state index contributed by atoms with van der Waals surface area (Å²) in [5.74, 6) is 0. The number of thiophene rings is 1. The normalized spacial score (nSPS) is 10.9. The Labute approximate surface area is 117 Å². The number of benzene rings is 2. The van der Waals surface area contributed by atoms with E-state index >= 15 is 0 Å². The number of fused-ring (bicyclic) bond motifs is 1. The third-order valence-electron chi connectivity index (χ3n) is 3.16. The summed E-state index contributed by atoms with van der Waals surface area (Å²) in [7, 11) is 0. The van der Waals surface area contributed by atoms with Crippen LogP contribution < -0.4 is 0 Å². The Hall–Kier alpha value is -1.64. The molecule has 1 aromatic heterocycles. The first-order valence-electron chi connectivity index (χ1n) is 6.50. The second-order valence-corrected chi connectivity index (χ2v) is 5.53. The molecule has 0 bridgehead atoms. The van der Waals surface area contributed by atoms with Gasteiger partial charge in [0.25, 0.3) is 0 Å². The van der Waals surface area contributed by atoms with Crippen LogP contribution in [0.5, 0.6) is 0 Å². The van der Waals surface area contributed by atoms with Gasteiger partial charge in [0.1, 0.15) is 0 Å². The largest absolute Gasteiger partial charge is 0.376 e. The Bertz CT molecular complexity index is 642. The van der Waals surface area contributed by atoms with Gasteiger partial charge in [0.15, 0.2) is 0 Å². The second-order valence-electron chi connectivity index (χ2n) is 4.58. The number of rotatable bonds is 5. The van der Waals surface area contributed by atoms with E-state index in [-0.39, 0.29) is 0 Å². The quantitative estimate of drug-likeness (QED) is 0.611. The van der Waals surface area contributed by atoms with Crippen molar-refractivity contribution in [1.82, 2.24) is 0 Å². The molecule has 2 aromatic carbocycles. The molecule has 1 heterocycles. The zero-order valence-corrected chi connectivity index (χ0v) is 11.5. The average Bonchev–Trinajstić information content (AvgIpc) is 2.92. The highest BCUT2D eigenvalue weighted by Crippen LogP contribution is 2.21. The molecule has 3 rings (SSSR count). The molecule has 2 heteroatoms. The van der Waals surface area contributed by atoms with Crippen LogP contribution in [0.2, 0.25) is 0 Å². The molecule has 0 saturated carbocycles. The molecule has 1 nitrogen and oxygen atoms in total. The van der Waals surface area contributed by atoms with E-state index in [2.05, 4.69) is 41.8 Å². The van der Waals surface area contributed by atoms with Crippen LogP contribution in [0.15, 0.2) is 60.0 Å². The lowest BCUT2D eigenvalue weighted by molar-refractivity contribution is 0.124. The molecule has 0 spiro atoms. The lowest BCUT2D eigenvalue weighted by atomic mass is 10.1. The summed E-state index contributed by atoms with van der Waals surface area (Å²) in [5, 5.41) is 3.48. The maximum absolute atomic E-state index is 5.72. The monoisotopic (exact) mass is 268 g/mol. The van der Waals surface area contributed by atoms with Gasteiger partial charge >= 0.3 is 0 Å². The molecule has 0 unspecified atom stereocenters. The van der Waals surface area contributed by atoms with Crippen LogP contribution in [-0.4, -0.2) is 6.61 Å². The molecule has 0 aliphatic rings. The number of ether oxygens (including phenoxy) is 1. The summed E-state index contributed by atoms with van der Waals surface area (Å²) >= 11 is 1.79. The molecule has 0 amide bonds. The second kappa shape index (κ2) is 6.00. The van der Waals surface area contributed by atoms with E-state index in [4.69, 9.17) is 4.74 Å². The van der Waals surface area contributed by atoms with Crippen LogP contribution in [0.4, 0.5) is 0 Å². The predicted molar refractivity (Wildman–Crippen MR) is 81.6 cm³/mol. The first-order valence-corrected chi connectivity index (χ1v) is 7.37. The highest BCUT2D eigenvalue weighted by Gasteiger charge is 1.98. The molecule has 3 aromatic rings. The van der Waals surface area contributed by atoms with Crippen LogP contribution in [0, 0.1) is 0 Å². The summed E-state index contributed by atoms with van der Waals surface area (Å²) in [6, 6.07) is 19.1. The molecule has 0 atom stereocenters. The van der Waals surface area contributed by atoms with Crippen LogP contribution in [0.1, 0.15) is 11.1 Å².